The molecule has 0 saturated heterocycles. The Labute approximate surface area is 84.0 Å². The van der Waals surface area contributed by atoms with E-state index in [9.17, 15) is 9.59 Å². The zero-order valence-electron chi connectivity index (χ0n) is 8.45. The third kappa shape index (κ3) is 6.22. The number of rotatable bonds is 7. The Morgan fingerprint density at radius 3 is 2.57 bits per heavy atom. The van der Waals surface area contributed by atoms with Gasteiger partial charge < -0.3 is 10.4 Å². The van der Waals surface area contributed by atoms with E-state index in [0.29, 0.717) is 6.42 Å². The molecule has 0 fully saturated rings. The summed E-state index contributed by atoms with van der Waals surface area (Å²) in [6.45, 7) is 4.89. The molecule has 0 aromatic heterocycles. The van der Waals surface area contributed by atoms with Crippen LogP contribution in [0, 0.1) is 0 Å². The Morgan fingerprint density at radius 2 is 2.14 bits per heavy atom. The molecule has 80 valence electrons. The number of carbonyl (C=O) groups is 2. The fourth-order valence-electron chi connectivity index (χ4n) is 1.14. The van der Waals surface area contributed by atoms with Gasteiger partial charge in [-0.3, -0.25) is 4.79 Å². The lowest BCUT2D eigenvalue weighted by Gasteiger charge is -2.12. The number of hydrogen-bond donors (Lipinski definition) is 2. The molecular weight excluding hydrogens is 182 g/mol. The van der Waals surface area contributed by atoms with Gasteiger partial charge in [-0.1, -0.05) is 12.5 Å². The van der Waals surface area contributed by atoms with Gasteiger partial charge in [0.1, 0.15) is 6.04 Å². The topological polar surface area (TPSA) is 66.4 Å². The van der Waals surface area contributed by atoms with E-state index in [0.717, 1.165) is 19.3 Å². The summed E-state index contributed by atoms with van der Waals surface area (Å²) in [5, 5.41) is 11.1. The van der Waals surface area contributed by atoms with Gasteiger partial charge in [-0.15, -0.1) is 6.58 Å². The van der Waals surface area contributed by atoms with Crippen LogP contribution in [0.3, 0.4) is 0 Å². The molecule has 1 amide bonds. The zero-order chi connectivity index (χ0) is 11.0. The number of nitrogens with one attached hydrogen (secondary N) is 1. The molecule has 4 nitrogen and oxygen atoms in total. The van der Waals surface area contributed by atoms with E-state index in [1.165, 1.54) is 6.92 Å². The van der Waals surface area contributed by atoms with Crippen LogP contribution < -0.4 is 5.32 Å². The first kappa shape index (κ1) is 12.7. The van der Waals surface area contributed by atoms with E-state index in [4.69, 9.17) is 5.11 Å². The summed E-state index contributed by atoms with van der Waals surface area (Å²) in [6.07, 6.45) is 4.85. The first-order chi connectivity index (χ1) is 6.57. The minimum absolute atomic E-state index is 0.305. The molecule has 0 heterocycles. The van der Waals surface area contributed by atoms with E-state index in [2.05, 4.69) is 11.9 Å². The van der Waals surface area contributed by atoms with E-state index >= 15 is 0 Å². The summed E-state index contributed by atoms with van der Waals surface area (Å²) < 4.78 is 0. The standard InChI is InChI=1S/C10H17NO3/c1-3-4-5-6-7-9(10(13)14)11-8(2)12/h3,9H,1,4-7H2,2H3,(H,11,12)(H,13,14)/t9-/m1/s1. The fourth-order valence-corrected chi connectivity index (χ4v) is 1.14. The smallest absolute Gasteiger partial charge is 0.326 e. The first-order valence-electron chi connectivity index (χ1n) is 4.68. The normalized spacial score (nSPS) is 11.8. The summed E-state index contributed by atoms with van der Waals surface area (Å²) >= 11 is 0. The van der Waals surface area contributed by atoms with Crippen LogP contribution in [0.5, 0.6) is 0 Å². The van der Waals surface area contributed by atoms with Gasteiger partial charge in [-0.05, 0) is 19.3 Å². The monoisotopic (exact) mass is 199 g/mol. The molecule has 0 radical (unpaired) electrons. The highest BCUT2D eigenvalue weighted by molar-refractivity contribution is 5.81. The van der Waals surface area contributed by atoms with Gasteiger partial charge in [-0.2, -0.15) is 0 Å². The maximum absolute atomic E-state index is 10.7. The van der Waals surface area contributed by atoms with E-state index < -0.39 is 12.0 Å². The largest absolute Gasteiger partial charge is 0.480 e. The molecule has 0 unspecified atom stereocenters. The molecule has 0 bridgehead atoms. The Kier molecular flexibility index (Phi) is 6.45. The second-order valence-corrected chi connectivity index (χ2v) is 3.16. The number of carboxylic acids is 1. The van der Waals surface area contributed by atoms with Gasteiger partial charge in [-0.25, -0.2) is 4.79 Å². The number of amides is 1. The lowest BCUT2D eigenvalue weighted by atomic mass is 10.1. The molecule has 2 N–H and O–H groups in total. The van der Waals surface area contributed by atoms with Crippen molar-refractivity contribution < 1.29 is 14.7 Å². The van der Waals surface area contributed by atoms with Crippen molar-refractivity contribution in [2.24, 2.45) is 0 Å². The maximum atomic E-state index is 10.7. The lowest BCUT2D eigenvalue weighted by Crippen LogP contribution is -2.39. The van der Waals surface area contributed by atoms with Gasteiger partial charge in [0.25, 0.3) is 0 Å². The number of unbranched alkanes of at least 4 members (excludes halogenated alkanes) is 2. The molecule has 4 heteroatoms. The summed E-state index contributed by atoms with van der Waals surface area (Å²) in [5.41, 5.74) is 0. The highest BCUT2D eigenvalue weighted by Gasteiger charge is 2.16. The van der Waals surface area contributed by atoms with Crippen molar-refractivity contribution in [1.82, 2.24) is 5.32 Å². The van der Waals surface area contributed by atoms with Crippen LogP contribution >= 0.6 is 0 Å². The number of allylic oxidation sites excluding steroid dienone is 1. The van der Waals surface area contributed by atoms with E-state index in [1.807, 2.05) is 0 Å². The molecular formula is C10H17NO3. The van der Waals surface area contributed by atoms with Crippen molar-refractivity contribution in [2.45, 2.75) is 38.6 Å². The van der Waals surface area contributed by atoms with Crippen LogP contribution in [0.25, 0.3) is 0 Å². The van der Waals surface area contributed by atoms with Crippen molar-refractivity contribution in [3.05, 3.63) is 12.7 Å². The fraction of sp³-hybridized carbons (Fsp3) is 0.600. The van der Waals surface area contributed by atoms with Crippen molar-refractivity contribution in [3.63, 3.8) is 0 Å². The second-order valence-electron chi connectivity index (χ2n) is 3.16. The zero-order valence-corrected chi connectivity index (χ0v) is 8.45. The molecule has 0 aliphatic heterocycles. The van der Waals surface area contributed by atoms with Crippen LogP contribution in [0.4, 0.5) is 0 Å². The van der Waals surface area contributed by atoms with Crippen molar-refractivity contribution >= 4 is 11.9 Å². The number of hydrogen-bond acceptors (Lipinski definition) is 2. The lowest BCUT2D eigenvalue weighted by molar-refractivity contribution is -0.141. The van der Waals surface area contributed by atoms with Crippen LogP contribution in [0.2, 0.25) is 0 Å². The first-order valence-corrected chi connectivity index (χ1v) is 4.68. The minimum Gasteiger partial charge on any atom is -0.480 e. The Hall–Kier alpha value is -1.32. The molecule has 0 aromatic rings. The SMILES string of the molecule is C=CCCCC[C@@H](NC(C)=O)C(=O)O. The van der Waals surface area contributed by atoms with Gasteiger partial charge >= 0.3 is 5.97 Å². The third-order valence-corrected chi connectivity index (χ3v) is 1.83. The van der Waals surface area contributed by atoms with Crippen LogP contribution in [-0.4, -0.2) is 23.0 Å². The van der Waals surface area contributed by atoms with Crippen LogP contribution in [-0.2, 0) is 9.59 Å². The second kappa shape index (κ2) is 7.12. The van der Waals surface area contributed by atoms with E-state index in [1.54, 1.807) is 6.08 Å². The molecule has 14 heavy (non-hydrogen) atoms. The highest BCUT2D eigenvalue weighted by atomic mass is 16.4. The number of aliphatic carboxylic acids is 1. The van der Waals surface area contributed by atoms with Crippen LogP contribution in [0.1, 0.15) is 32.6 Å². The predicted molar refractivity (Wildman–Crippen MR) is 53.9 cm³/mol. The van der Waals surface area contributed by atoms with Gasteiger partial charge in [0.15, 0.2) is 0 Å². The average molecular weight is 199 g/mol. The van der Waals surface area contributed by atoms with Crippen molar-refractivity contribution in [2.75, 3.05) is 0 Å². The molecule has 0 rings (SSSR count). The van der Waals surface area contributed by atoms with Gasteiger partial charge in [0, 0.05) is 6.92 Å². The third-order valence-electron chi connectivity index (χ3n) is 1.83. The summed E-state index contributed by atoms with van der Waals surface area (Å²) in [5.74, 6) is -1.28. The quantitative estimate of drug-likeness (QED) is 0.480. The average Bonchev–Trinajstić information content (AvgIpc) is 2.09. The molecule has 0 saturated carbocycles. The van der Waals surface area contributed by atoms with Crippen molar-refractivity contribution in [1.29, 1.82) is 0 Å². The maximum Gasteiger partial charge on any atom is 0.326 e. The predicted octanol–water partition coefficient (Wildman–Crippen LogP) is 1.32. The summed E-state index contributed by atoms with van der Waals surface area (Å²) in [4.78, 5) is 21.3. The van der Waals surface area contributed by atoms with Crippen molar-refractivity contribution in [3.8, 4) is 0 Å². The molecule has 0 aliphatic rings. The Balaban J connectivity index is 3.79. The van der Waals surface area contributed by atoms with Gasteiger partial charge in [0.05, 0.1) is 0 Å². The Morgan fingerprint density at radius 1 is 1.50 bits per heavy atom. The Bertz CT molecular complexity index is 213. The van der Waals surface area contributed by atoms with E-state index in [-0.39, 0.29) is 5.91 Å². The molecule has 1 atom stereocenters. The number of carboxylic acid groups (broad SMARTS) is 1. The molecule has 0 aromatic carbocycles. The van der Waals surface area contributed by atoms with Gasteiger partial charge in [0.2, 0.25) is 5.91 Å². The molecule has 0 spiro atoms. The summed E-state index contributed by atoms with van der Waals surface area (Å²) in [6, 6.07) is -0.752. The molecule has 0 aliphatic carbocycles. The number of carbonyl (C=O) groups excluding carboxylic acids is 1. The summed E-state index contributed by atoms with van der Waals surface area (Å²) in [7, 11) is 0. The minimum atomic E-state index is -0.973. The highest BCUT2D eigenvalue weighted by Crippen LogP contribution is 2.04. The van der Waals surface area contributed by atoms with Crippen LogP contribution in [0.15, 0.2) is 12.7 Å².